The van der Waals surface area contributed by atoms with Crippen LogP contribution in [0.15, 0.2) is 12.1 Å². The van der Waals surface area contributed by atoms with Gasteiger partial charge in [-0.05, 0) is 43.4 Å². The van der Waals surface area contributed by atoms with Crippen LogP contribution in [0.2, 0.25) is 0 Å². The molecule has 1 aliphatic rings. The van der Waals surface area contributed by atoms with Crippen LogP contribution < -0.4 is 10.5 Å². The average Bonchev–Trinajstić information content (AvgIpc) is 3.18. The van der Waals surface area contributed by atoms with Gasteiger partial charge in [0.05, 0.1) is 19.6 Å². The maximum atomic E-state index is 11.9. The number of rotatable bonds is 4. The number of hydrogen-bond donors (Lipinski definition) is 1. The van der Waals surface area contributed by atoms with Crippen molar-refractivity contribution in [2.45, 2.75) is 32.7 Å². The number of carbonyl (C=O) groups is 1. The van der Waals surface area contributed by atoms with Crippen LogP contribution in [0.3, 0.4) is 0 Å². The number of methoxy groups -OCH3 is 2. The molecule has 0 heterocycles. The lowest BCUT2D eigenvalue weighted by atomic mass is 9.89. The van der Waals surface area contributed by atoms with Crippen LogP contribution >= 0.6 is 0 Å². The van der Waals surface area contributed by atoms with Crippen molar-refractivity contribution in [2.75, 3.05) is 14.2 Å². The first kappa shape index (κ1) is 13.9. The van der Waals surface area contributed by atoms with Crippen molar-refractivity contribution in [3.63, 3.8) is 0 Å². The Morgan fingerprint density at radius 2 is 1.79 bits per heavy atom. The van der Waals surface area contributed by atoms with Gasteiger partial charge in [0.1, 0.15) is 5.75 Å². The minimum atomic E-state index is -0.526. The van der Waals surface area contributed by atoms with Gasteiger partial charge in [-0.3, -0.25) is 4.79 Å². The molecule has 1 saturated carbocycles. The minimum absolute atomic E-state index is 0.203. The summed E-state index contributed by atoms with van der Waals surface area (Å²) in [5, 5.41) is 0. The number of carbonyl (C=O) groups excluding carboxylic acids is 1. The molecule has 4 heteroatoms. The molecular weight excluding hydrogens is 242 g/mol. The molecule has 1 aromatic carbocycles. The van der Waals surface area contributed by atoms with Gasteiger partial charge in [-0.15, -0.1) is 0 Å². The molecule has 4 nitrogen and oxygen atoms in total. The predicted molar refractivity (Wildman–Crippen MR) is 73.1 cm³/mol. The molecule has 0 aliphatic heterocycles. The normalized spacial score (nSPS) is 17.7. The van der Waals surface area contributed by atoms with Crippen LogP contribution in [0.25, 0.3) is 0 Å². The van der Waals surface area contributed by atoms with Gasteiger partial charge in [0.15, 0.2) is 0 Å². The summed E-state index contributed by atoms with van der Waals surface area (Å²) in [5.41, 5.74) is 8.82. The largest absolute Gasteiger partial charge is 0.496 e. The zero-order valence-corrected chi connectivity index (χ0v) is 11.9. The second kappa shape index (κ2) is 4.85. The summed E-state index contributed by atoms with van der Waals surface area (Å²) < 4.78 is 10.2. The van der Waals surface area contributed by atoms with Crippen molar-refractivity contribution in [1.29, 1.82) is 0 Å². The number of aryl methyl sites for hydroxylation is 2. The van der Waals surface area contributed by atoms with E-state index in [1.807, 2.05) is 26.0 Å². The van der Waals surface area contributed by atoms with E-state index < -0.39 is 5.41 Å². The molecule has 104 valence electrons. The monoisotopic (exact) mass is 263 g/mol. The molecule has 0 saturated heterocycles. The van der Waals surface area contributed by atoms with Gasteiger partial charge in [-0.1, -0.05) is 12.1 Å². The predicted octanol–water partition coefficient (Wildman–Crippen LogP) is 2.27. The third kappa shape index (κ3) is 2.21. The Morgan fingerprint density at radius 1 is 1.26 bits per heavy atom. The van der Waals surface area contributed by atoms with Gasteiger partial charge >= 0.3 is 5.97 Å². The standard InChI is InChI=1S/C15H21NO3/c1-9-7-11(8-10(2)12(9)18-3)13(16)15(5-6-15)14(17)19-4/h7-8,13H,5-6,16H2,1-4H3. The fraction of sp³-hybridized carbons (Fsp3) is 0.533. The van der Waals surface area contributed by atoms with Gasteiger partial charge in [0.25, 0.3) is 0 Å². The molecule has 1 atom stereocenters. The molecule has 1 fully saturated rings. The molecule has 2 rings (SSSR count). The van der Waals surface area contributed by atoms with E-state index in [0.717, 1.165) is 35.3 Å². The fourth-order valence-corrected chi connectivity index (χ4v) is 2.78. The topological polar surface area (TPSA) is 61.5 Å². The van der Waals surface area contributed by atoms with Gasteiger partial charge < -0.3 is 15.2 Å². The van der Waals surface area contributed by atoms with Gasteiger partial charge in [-0.2, -0.15) is 0 Å². The van der Waals surface area contributed by atoms with E-state index in [4.69, 9.17) is 15.2 Å². The van der Waals surface area contributed by atoms with Gasteiger partial charge in [0.2, 0.25) is 0 Å². The van der Waals surface area contributed by atoms with Crippen molar-refractivity contribution in [2.24, 2.45) is 11.1 Å². The zero-order chi connectivity index (χ0) is 14.2. The summed E-state index contributed by atoms with van der Waals surface area (Å²) in [6.45, 7) is 3.97. The zero-order valence-electron chi connectivity index (χ0n) is 11.9. The Bertz CT molecular complexity index is 483. The average molecular weight is 263 g/mol. The van der Waals surface area contributed by atoms with Crippen molar-refractivity contribution in [3.8, 4) is 5.75 Å². The first-order chi connectivity index (χ1) is 8.96. The highest BCUT2D eigenvalue weighted by molar-refractivity contribution is 5.81. The fourth-order valence-electron chi connectivity index (χ4n) is 2.78. The van der Waals surface area contributed by atoms with Crippen molar-refractivity contribution < 1.29 is 14.3 Å². The van der Waals surface area contributed by atoms with E-state index in [1.54, 1.807) is 7.11 Å². The Labute approximate surface area is 113 Å². The summed E-state index contributed by atoms with van der Waals surface area (Å²) >= 11 is 0. The van der Waals surface area contributed by atoms with Crippen molar-refractivity contribution in [1.82, 2.24) is 0 Å². The van der Waals surface area contributed by atoms with E-state index in [0.29, 0.717) is 0 Å². The number of nitrogens with two attached hydrogens (primary N) is 1. The smallest absolute Gasteiger partial charge is 0.313 e. The molecule has 2 N–H and O–H groups in total. The minimum Gasteiger partial charge on any atom is -0.496 e. The molecule has 0 bridgehead atoms. The second-order valence-electron chi connectivity index (χ2n) is 5.31. The molecule has 0 spiro atoms. The Kier molecular flexibility index (Phi) is 3.54. The Hall–Kier alpha value is -1.55. The number of benzene rings is 1. The molecule has 1 unspecified atom stereocenters. The second-order valence-corrected chi connectivity index (χ2v) is 5.31. The third-order valence-electron chi connectivity index (χ3n) is 4.02. The lowest BCUT2D eigenvalue weighted by Crippen LogP contribution is -2.31. The summed E-state index contributed by atoms with van der Waals surface area (Å²) in [4.78, 5) is 11.9. The van der Waals surface area contributed by atoms with E-state index >= 15 is 0 Å². The number of esters is 1. The first-order valence-corrected chi connectivity index (χ1v) is 6.45. The molecule has 1 aromatic rings. The van der Waals surface area contributed by atoms with Crippen LogP contribution in [0.1, 0.15) is 35.6 Å². The molecule has 0 aromatic heterocycles. The maximum Gasteiger partial charge on any atom is 0.313 e. The lowest BCUT2D eigenvalue weighted by molar-refractivity contribution is -0.148. The first-order valence-electron chi connectivity index (χ1n) is 6.45. The molecule has 0 radical (unpaired) electrons. The van der Waals surface area contributed by atoms with Crippen LogP contribution in [0.4, 0.5) is 0 Å². The Balaban J connectivity index is 2.35. The molecular formula is C15H21NO3. The highest BCUT2D eigenvalue weighted by atomic mass is 16.5. The van der Waals surface area contributed by atoms with E-state index in [-0.39, 0.29) is 12.0 Å². The lowest BCUT2D eigenvalue weighted by Gasteiger charge is -2.23. The highest BCUT2D eigenvalue weighted by Crippen LogP contribution is 2.55. The summed E-state index contributed by atoms with van der Waals surface area (Å²) in [5.74, 6) is 0.671. The summed E-state index contributed by atoms with van der Waals surface area (Å²) in [6, 6.07) is 3.68. The highest BCUT2D eigenvalue weighted by Gasteiger charge is 2.56. The number of hydrogen-bond acceptors (Lipinski definition) is 4. The van der Waals surface area contributed by atoms with Crippen LogP contribution in [0, 0.1) is 19.3 Å². The van der Waals surface area contributed by atoms with Crippen molar-refractivity contribution in [3.05, 3.63) is 28.8 Å². The van der Waals surface area contributed by atoms with Gasteiger partial charge in [-0.25, -0.2) is 0 Å². The SMILES string of the molecule is COC(=O)C1(C(N)c2cc(C)c(OC)c(C)c2)CC1. The Morgan fingerprint density at radius 3 is 2.16 bits per heavy atom. The maximum absolute atomic E-state index is 11.9. The summed E-state index contributed by atoms with van der Waals surface area (Å²) in [6.07, 6.45) is 1.59. The van der Waals surface area contributed by atoms with Gasteiger partial charge in [0, 0.05) is 6.04 Å². The molecule has 1 aliphatic carbocycles. The van der Waals surface area contributed by atoms with Crippen LogP contribution in [-0.2, 0) is 9.53 Å². The van der Waals surface area contributed by atoms with E-state index in [1.165, 1.54) is 7.11 Å². The van der Waals surface area contributed by atoms with Crippen molar-refractivity contribution >= 4 is 5.97 Å². The third-order valence-corrected chi connectivity index (χ3v) is 4.02. The number of ether oxygens (including phenoxy) is 2. The molecule has 19 heavy (non-hydrogen) atoms. The van der Waals surface area contributed by atoms with E-state index in [2.05, 4.69) is 0 Å². The van der Waals surface area contributed by atoms with E-state index in [9.17, 15) is 4.79 Å². The summed E-state index contributed by atoms with van der Waals surface area (Å²) in [7, 11) is 3.07. The van der Waals surface area contributed by atoms with Crippen LogP contribution in [-0.4, -0.2) is 20.2 Å². The quantitative estimate of drug-likeness (QED) is 0.846. The van der Waals surface area contributed by atoms with Crippen LogP contribution in [0.5, 0.6) is 5.75 Å². The molecule has 0 amide bonds.